The Morgan fingerprint density at radius 2 is 1.62 bits per heavy atom. The first-order chi connectivity index (χ1) is 17.1. The van der Waals surface area contributed by atoms with E-state index in [9.17, 15) is 5.11 Å². The molecule has 0 aromatic carbocycles. The number of hydrogen-bond donors (Lipinski definition) is 1. The zero-order valence-corrected chi connectivity index (χ0v) is 27.4. The normalized spacial score (nSPS) is 40.0. The molecule has 0 unspecified atom stereocenters. The van der Waals surface area contributed by atoms with Crippen molar-refractivity contribution < 1.29 is 9.53 Å². The summed E-state index contributed by atoms with van der Waals surface area (Å²) in [6.45, 7) is 24.2. The van der Waals surface area contributed by atoms with Gasteiger partial charge in [-0.1, -0.05) is 74.1 Å². The predicted octanol–water partition coefficient (Wildman–Crippen LogP) is 10.3. The summed E-state index contributed by atoms with van der Waals surface area (Å²) in [5, 5.41) is 12.1. The minimum Gasteiger partial charge on any atom is -0.547 e. The first kappa shape index (κ1) is 29.7. The number of unbranched alkanes of at least 4 members (excludes halogenated alkanes) is 3. The van der Waals surface area contributed by atoms with Crippen molar-refractivity contribution in [3.05, 3.63) is 11.3 Å². The van der Waals surface area contributed by atoms with Crippen molar-refractivity contribution in [2.24, 2.45) is 40.4 Å². The van der Waals surface area contributed by atoms with Gasteiger partial charge < -0.3 is 9.53 Å². The Morgan fingerprint density at radius 1 is 0.919 bits per heavy atom. The molecule has 0 aromatic rings. The van der Waals surface area contributed by atoms with Gasteiger partial charge in [-0.3, -0.25) is 0 Å². The van der Waals surface area contributed by atoms with Crippen molar-refractivity contribution in [2.45, 2.75) is 163 Å². The Kier molecular flexibility index (Phi) is 8.25. The van der Waals surface area contributed by atoms with Gasteiger partial charge in [0.2, 0.25) is 8.32 Å². The average molecular weight is 531 g/mol. The lowest BCUT2D eigenvalue weighted by molar-refractivity contribution is -0.107. The maximum atomic E-state index is 11.8. The molecule has 3 heteroatoms. The molecule has 0 heterocycles. The van der Waals surface area contributed by atoms with Gasteiger partial charge in [0, 0.05) is 6.42 Å². The van der Waals surface area contributed by atoms with Crippen molar-refractivity contribution in [2.75, 3.05) is 0 Å². The summed E-state index contributed by atoms with van der Waals surface area (Å²) in [4.78, 5) is 0. The Morgan fingerprint density at radius 3 is 2.27 bits per heavy atom. The van der Waals surface area contributed by atoms with Gasteiger partial charge in [-0.15, -0.1) is 0 Å². The predicted molar refractivity (Wildman–Crippen MR) is 161 cm³/mol. The molecule has 0 saturated heterocycles. The van der Waals surface area contributed by atoms with Gasteiger partial charge in [-0.2, -0.15) is 0 Å². The average Bonchev–Trinajstić information content (AvgIpc) is 3.15. The molecule has 0 amide bonds. The minimum atomic E-state index is -1.90. The Bertz CT molecular complexity index is 850. The smallest absolute Gasteiger partial charge is 0.250 e. The first-order valence-corrected chi connectivity index (χ1v) is 19.1. The molecule has 37 heavy (non-hydrogen) atoms. The summed E-state index contributed by atoms with van der Waals surface area (Å²) in [6.07, 6.45) is 16.3. The third kappa shape index (κ3) is 5.28. The van der Waals surface area contributed by atoms with Crippen molar-refractivity contribution in [3.63, 3.8) is 0 Å². The lowest BCUT2D eigenvalue weighted by Gasteiger charge is -2.60. The molecule has 2 nitrogen and oxygen atoms in total. The van der Waals surface area contributed by atoms with Crippen LogP contribution in [0.5, 0.6) is 0 Å². The second kappa shape index (κ2) is 10.3. The highest BCUT2D eigenvalue weighted by Gasteiger charge is 2.62. The topological polar surface area (TPSA) is 29.5 Å². The summed E-state index contributed by atoms with van der Waals surface area (Å²) >= 11 is 0. The van der Waals surface area contributed by atoms with Gasteiger partial charge >= 0.3 is 0 Å². The second-order valence-corrected chi connectivity index (χ2v) is 21.2. The molecular weight excluding hydrogens is 468 g/mol. The lowest BCUT2D eigenvalue weighted by Crippen LogP contribution is -2.54. The van der Waals surface area contributed by atoms with Crippen LogP contribution in [-0.2, 0) is 4.43 Å². The van der Waals surface area contributed by atoms with Crippen LogP contribution in [-0.4, -0.2) is 19.0 Å². The molecule has 0 radical (unpaired) electrons. The number of allylic oxidation sites excluding steroid dienone is 2. The summed E-state index contributed by atoms with van der Waals surface area (Å²) < 4.78 is 7.30. The van der Waals surface area contributed by atoms with Crippen LogP contribution in [0.1, 0.15) is 139 Å². The van der Waals surface area contributed by atoms with Crippen LogP contribution in [0.4, 0.5) is 0 Å². The van der Waals surface area contributed by atoms with E-state index < -0.39 is 13.9 Å². The van der Waals surface area contributed by atoms with E-state index in [1.54, 1.807) is 5.57 Å². The highest BCUT2D eigenvalue weighted by Crippen LogP contribution is 2.69. The molecule has 214 valence electrons. The molecule has 0 spiro atoms. The Balaban J connectivity index is 1.64. The minimum absolute atomic E-state index is 0.226. The van der Waals surface area contributed by atoms with Gasteiger partial charge in [0.05, 0.1) is 11.4 Å². The van der Waals surface area contributed by atoms with E-state index in [-0.39, 0.29) is 10.5 Å². The maximum Gasteiger partial charge on any atom is 0.250 e. The highest BCUT2D eigenvalue weighted by atomic mass is 28.4. The summed E-state index contributed by atoms with van der Waals surface area (Å²) in [5.41, 5.74) is 1.78. The molecular formula is C34H62O2Si. The molecule has 1 N–H and O–H groups in total. The fourth-order valence-corrected chi connectivity index (χ4v) is 10.7. The van der Waals surface area contributed by atoms with Gasteiger partial charge in [0.1, 0.15) is 0 Å². The quantitative estimate of drug-likeness (QED) is 0.250. The van der Waals surface area contributed by atoms with Crippen molar-refractivity contribution in [3.8, 4) is 0 Å². The van der Waals surface area contributed by atoms with Crippen molar-refractivity contribution in [1.82, 2.24) is 0 Å². The van der Waals surface area contributed by atoms with Crippen LogP contribution < -0.4 is 0 Å². The molecule has 0 bridgehead atoms. The fourth-order valence-electron chi connectivity index (χ4n) is 9.59. The third-order valence-corrected chi connectivity index (χ3v) is 17.3. The van der Waals surface area contributed by atoms with E-state index in [0.717, 1.165) is 30.1 Å². The zero-order chi connectivity index (χ0) is 27.4. The second-order valence-electron chi connectivity index (χ2n) is 16.5. The van der Waals surface area contributed by atoms with Crippen LogP contribution in [0.2, 0.25) is 18.1 Å². The highest BCUT2D eigenvalue weighted by molar-refractivity contribution is 6.74. The van der Waals surface area contributed by atoms with Crippen LogP contribution in [0.15, 0.2) is 11.3 Å². The van der Waals surface area contributed by atoms with E-state index in [0.29, 0.717) is 11.3 Å². The number of rotatable bonds is 8. The zero-order valence-electron chi connectivity index (χ0n) is 26.4. The van der Waals surface area contributed by atoms with E-state index >= 15 is 0 Å². The number of aliphatic hydroxyl groups is 1. The molecule has 0 aliphatic heterocycles. The Hall–Kier alpha value is -0.283. The molecule has 8 atom stereocenters. The van der Waals surface area contributed by atoms with Gasteiger partial charge in [-0.05, 0) is 122 Å². The lowest BCUT2D eigenvalue weighted by atomic mass is 9.46. The standard InChI is InChI=1S/C34H62O2Si/c1-11-12-13-14-19-34(8,35)30-16-15-26-25-23-29(36-37(9,10)31(3,4)5)28-22-24(2)17-20-32(28,6)27(25)18-21-33(26,30)7/h24-27,30,35H,11-23H2,1-10H3/t24-,25-,26-,27-,30-,32+,33-,34-/m0/s1. The summed E-state index contributed by atoms with van der Waals surface area (Å²) in [6, 6.07) is 0. The molecule has 0 aromatic heterocycles. The molecule has 4 rings (SSSR count). The third-order valence-electron chi connectivity index (χ3n) is 12.9. The van der Waals surface area contributed by atoms with Crippen molar-refractivity contribution >= 4 is 8.32 Å². The monoisotopic (exact) mass is 530 g/mol. The van der Waals surface area contributed by atoms with Crippen LogP contribution in [0.3, 0.4) is 0 Å². The SMILES string of the molecule is CCCCCC[C@](C)(O)[C@H]1CC[C@H]2[C@@H]3CC(O[Si](C)(C)C(C)(C)C)=C4C[C@@H](C)CC[C@]4(C)[C@H]3CC[C@@]21C. The first-order valence-electron chi connectivity index (χ1n) is 16.2. The van der Waals surface area contributed by atoms with Crippen LogP contribution in [0, 0.1) is 40.4 Å². The fraction of sp³-hybridized carbons (Fsp3) is 0.941. The summed E-state index contributed by atoms with van der Waals surface area (Å²) in [7, 11) is -1.90. The maximum absolute atomic E-state index is 11.8. The Labute approximate surface area is 231 Å². The van der Waals surface area contributed by atoms with Gasteiger partial charge in [-0.25, -0.2) is 0 Å². The van der Waals surface area contributed by atoms with Crippen molar-refractivity contribution in [1.29, 1.82) is 0 Å². The number of fused-ring (bicyclic) bond motifs is 5. The van der Waals surface area contributed by atoms with E-state index in [1.165, 1.54) is 82.8 Å². The molecule has 4 aliphatic rings. The summed E-state index contributed by atoms with van der Waals surface area (Å²) in [5.74, 6) is 4.91. The van der Waals surface area contributed by atoms with Crippen LogP contribution >= 0.6 is 0 Å². The largest absolute Gasteiger partial charge is 0.547 e. The van der Waals surface area contributed by atoms with Crippen LogP contribution in [0.25, 0.3) is 0 Å². The molecule has 3 fully saturated rings. The molecule has 4 aliphatic carbocycles. The van der Waals surface area contributed by atoms with E-state index in [2.05, 4.69) is 68.5 Å². The van der Waals surface area contributed by atoms with E-state index in [4.69, 9.17) is 4.43 Å². The molecule has 3 saturated carbocycles. The van der Waals surface area contributed by atoms with Gasteiger partial charge in [0.15, 0.2) is 0 Å². The van der Waals surface area contributed by atoms with E-state index in [1.807, 2.05) is 0 Å². The van der Waals surface area contributed by atoms with Gasteiger partial charge in [0.25, 0.3) is 0 Å². The number of hydrogen-bond acceptors (Lipinski definition) is 2.